The van der Waals surface area contributed by atoms with Crippen LogP contribution in [0.4, 0.5) is 0 Å². The molecule has 2 N–H and O–H groups in total. The van der Waals surface area contributed by atoms with Crippen LogP contribution in [0.3, 0.4) is 0 Å². The Labute approximate surface area is 179 Å². The van der Waals surface area contributed by atoms with E-state index in [1.54, 1.807) is 32.5 Å². The minimum Gasteiger partial charge on any atom is -0.480 e. The van der Waals surface area contributed by atoms with E-state index in [-0.39, 0.29) is 23.7 Å². The Morgan fingerprint density at radius 1 is 1.13 bits per heavy atom. The van der Waals surface area contributed by atoms with E-state index in [9.17, 15) is 19.5 Å². The minimum atomic E-state index is -1.07. The van der Waals surface area contributed by atoms with Crippen LogP contribution in [0.1, 0.15) is 68.2 Å². The maximum atomic E-state index is 13.3. The Morgan fingerprint density at radius 2 is 1.70 bits per heavy atom. The quantitative estimate of drug-likeness (QED) is 0.376. The number of hydrogen-bond acceptors (Lipinski definition) is 5. The summed E-state index contributed by atoms with van der Waals surface area (Å²) in [6.07, 6.45) is 1.37. The Morgan fingerprint density at radius 3 is 2.07 bits per heavy atom. The summed E-state index contributed by atoms with van der Waals surface area (Å²) in [7, 11) is 0. The first-order chi connectivity index (χ1) is 13.1. The molecule has 1 fully saturated rings. The van der Waals surface area contributed by atoms with Crippen molar-refractivity contribution in [1.29, 1.82) is 0 Å². The number of esters is 1. The third kappa shape index (κ3) is 8.25. The van der Waals surface area contributed by atoms with Gasteiger partial charge in [0.25, 0.3) is 0 Å². The summed E-state index contributed by atoms with van der Waals surface area (Å²) in [5.74, 6) is -0.960. The van der Waals surface area contributed by atoms with Crippen molar-refractivity contribution in [3.63, 3.8) is 0 Å². The molecule has 1 heterocycles. The molecule has 180 valence electrons. The van der Waals surface area contributed by atoms with Gasteiger partial charge in [0, 0.05) is 0 Å². The number of carbonyl (C=O) groups excluding carboxylic acids is 2. The Bertz CT molecular complexity index is 591. The van der Waals surface area contributed by atoms with Crippen molar-refractivity contribution in [2.75, 3.05) is 11.5 Å². The molecule has 0 radical (unpaired) electrons. The summed E-state index contributed by atoms with van der Waals surface area (Å²) < 4.78 is 5.70. The first kappa shape index (κ1) is 27.8. The number of rotatable bonds is 8. The van der Waals surface area contributed by atoms with Crippen molar-refractivity contribution in [2.24, 2.45) is 29.1 Å². The molecule has 0 saturated carbocycles. The molecule has 1 amide bonds. The topological polar surface area (TPSA) is 92.7 Å². The maximum Gasteiger partial charge on any atom is 0.326 e. The molecular weight excluding hydrogens is 647 g/mol. The Kier molecular flexibility index (Phi) is 9.89. The largest absolute Gasteiger partial charge is 0.480 e. The van der Waals surface area contributed by atoms with Gasteiger partial charge in [0.2, 0.25) is 5.91 Å². The van der Waals surface area contributed by atoms with Crippen molar-refractivity contribution < 1.29 is 24.2 Å². The van der Waals surface area contributed by atoms with E-state index in [0.717, 1.165) is 17.9 Å². The predicted octanol–water partition coefficient (Wildman–Crippen LogP) is 3.98. The fraction of sp³-hybridized carbons (Fsp3) is 0.864. The van der Waals surface area contributed by atoms with Gasteiger partial charge in [0.1, 0.15) is 11.6 Å². The first-order valence-electron chi connectivity index (χ1n) is 10.5. The van der Waals surface area contributed by atoms with Gasteiger partial charge in [-0.05, 0) is 62.4 Å². The fourth-order valence-corrected chi connectivity index (χ4v) is 5.03. The second kappa shape index (κ2) is 10.7. The molecule has 4 unspecified atom stereocenters. The van der Waals surface area contributed by atoms with Crippen LogP contribution in [0.25, 0.3) is 0 Å². The number of aliphatic carboxylic acids is 1. The second-order valence-electron chi connectivity index (χ2n) is 10.6. The number of carboxylic acid groups (broad SMARTS) is 1. The van der Waals surface area contributed by atoms with E-state index in [0.29, 0.717) is 6.42 Å². The summed E-state index contributed by atoms with van der Waals surface area (Å²) >= 11 is 1.78. The van der Waals surface area contributed by atoms with Gasteiger partial charge >= 0.3 is 11.9 Å². The standard InChI is InChI=1S/C22H39NO5S.Fm/c1-13(2)11-15(18(24)23-17(19(25)26)21(3,4)5)16(14-9-10-29-12-14)20(27)28-22(6,7)8;/h13-17H,9-12H2,1-8H3,(H,23,24)(H,25,26);. The molecule has 0 aliphatic carbocycles. The van der Waals surface area contributed by atoms with Gasteiger partial charge in [-0.3, -0.25) is 9.59 Å². The summed E-state index contributed by atoms with van der Waals surface area (Å²) in [6.45, 7) is 14.8. The van der Waals surface area contributed by atoms with Gasteiger partial charge in [-0.1, -0.05) is 34.6 Å². The smallest absolute Gasteiger partial charge is 0.326 e. The molecule has 1 rings (SSSR count). The van der Waals surface area contributed by atoms with E-state index in [2.05, 4.69) is 5.32 Å². The van der Waals surface area contributed by atoms with Crippen molar-refractivity contribution in [3.8, 4) is 0 Å². The van der Waals surface area contributed by atoms with Gasteiger partial charge in [-0.2, -0.15) is 11.8 Å². The molecule has 6 nitrogen and oxygen atoms in total. The molecule has 0 aromatic rings. The molecule has 1 saturated heterocycles. The van der Waals surface area contributed by atoms with Gasteiger partial charge in [-0.15, -0.1) is 0 Å². The van der Waals surface area contributed by atoms with Crippen LogP contribution < -0.4 is 5.32 Å². The molecule has 8 heteroatoms. The SMILES string of the molecule is CC(C)CC(C(=O)NC(C(=O)O)C(C)(C)C)C(C(=O)OC(C)(C)C)C1CCSC1.[Fm]. The zero-order chi connectivity index (χ0) is 22.6. The third-order valence-electron chi connectivity index (χ3n) is 5.05. The van der Waals surface area contributed by atoms with Crippen LogP contribution in [-0.4, -0.2) is 46.1 Å². The van der Waals surface area contributed by atoms with Crippen LogP contribution in [-0.2, 0) is 19.1 Å². The van der Waals surface area contributed by atoms with Crippen molar-refractivity contribution in [2.45, 2.75) is 79.9 Å². The van der Waals surface area contributed by atoms with Gasteiger partial charge in [0.15, 0.2) is 0 Å². The molecule has 0 aromatic carbocycles. The zero-order valence-corrected chi connectivity index (χ0v) is 22.7. The summed E-state index contributed by atoms with van der Waals surface area (Å²) in [5, 5.41) is 12.4. The first-order valence-corrected chi connectivity index (χ1v) is 11.6. The van der Waals surface area contributed by atoms with Crippen LogP contribution in [0.15, 0.2) is 0 Å². The van der Waals surface area contributed by atoms with Crippen LogP contribution in [0, 0.1) is 29.1 Å². The average Bonchev–Trinajstić information content (AvgIpc) is 3.02. The van der Waals surface area contributed by atoms with E-state index >= 15 is 0 Å². The van der Waals surface area contributed by atoms with Crippen molar-refractivity contribution in [3.05, 3.63) is 0 Å². The van der Waals surface area contributed by atoms with E-state index in [1.165, 1.54) is 0 Å². The second-order valence-corrected chi connectivity index (χ2v) is 11.7. The fourth-order valence-electron chi connectivity index (χ4n) is 3.71. The summed E-state index contributed by atoms with van der Waals surface area (Å²) in [5.41, 5.74) is -1.29. The number of nitrogens with one attached hydrogen (secondary N) is 1. The van der Waals surface area contributed by atoms with E-state index < -0.39 is 34.9 Å². The Hall–Kier alpha value is -2.24. The van der Waals surface area contributed by atoms with Crippen molar-refractivity contribution in [1.82, 2.24) is 5.32 Å². The molecule has 0 aromatic heterocycles. The third-order valence-corrected chi connectivity index (χ3v) is 6.24. The predicted molar refractivity (Wildman–Crippen MR) is 117 cm³/mol. The van der Waals surface area contributed by atoms with Gasteiger partial charge in [0.05, 0.1) is 11.8 Å². The monoisotopic (exact) mass is 686 g/mol. The molecule has 0 spiro atoms. The number of ether oxygens (including phenoxy) is 1. The Balaban J connectivity index is 0.00000841. The molecule has 30 heavy (non-hydrogen) atoms. The number of carbonyl (C=O) groups is 3. The normalized spacial score (nSPS) is 20.1. The van der Waals surface area contributed by atoms with E-state index in [4.69, 9.17) is 4.74 Å². The van der Waals surface area contributed by atoms with Crippen LogP contribution in [0.2, 0.25) is 0 Å². The molecular formula is C22H39FmNO5S. The maximum absolute atomic E-state index is 13.3. The molecule has 1 aliphatic heterocycles. The zero-order valence-electron chi connectivity index (χ0n) is 19.5. The number of amides is 1. The van der Waals surface area contributed by atoms with Gasteiger partial charge in [-0.25, -0.2) is 4.79 Å². The van der Waals surface area contributed by atoms with Gasteiger partial charge < -0.3 is 15.2 Å². The minimum absolute atomic E-state index is 0. The summed E-state index contributed by atoms with van der Waals surface area (Å²) in [4.78, 5) is 38.2. The molecule has 0 bridgehead atoms. The molecule has 1 aliphatic rings. The summed E-state index contributed by atoms with van der Waals surface area (Å²) in [6, 6.07) is -1.03. The number of carboxylic acids is 1. The van der Waals surface area contributed by atoms with Crippen molar-refractivity contribution >= 4 is 29.6 Å². The van der Waals surface area contributed by atoms with Crippen LogP contribution in [0.5, 0.6) is 0 Å². The number of hydrogen-bond donors (Lipinski definition) is 2. The molecule has 4 atom stereocenters. The average molecular weight is 687 g/mol. The van der Waals surface area contributed by atoms with Crippen LogP contribution >= 0.6 is 11.8 Å². The van der Waals surface area contributed by atoms with E-state index in [1.807, 2.05) is 34.6 Å². The number of thioether (sulfide) groups is 1.